The van der Waals surface area contributed by atoms with Crippen LogP contribution in [0.2, 0.25) is 0 Å². The van der Waals surface area contributed by atoms with E-state index in [2.05, 4.69) is 19.8 Å². The van der Waals surface area contributed by atoms with Crippen molar-refractivity contribution < 1.29 is 9.59 Å². The topological polar surface area (TPSA) is 72.9 Å². The maximum atomic E-state index is 12.6. The number of piperazine rings is 2. The van der Waals surface area contributed by atoms with Crippen molar-refractivity contribution >= 4 is 47.5 Å². The Morgan fingerprint density at radius 3 is 1.49 bits per heavy atom. The van der Waals surface area contributed by atoms with Gasteiger partial charge >= 0.3 is 0 Å². The highest BCUT2D eigenvalue weighted by Crippen LogP contribution is 2.19. The molecule has 2 amide bonds. The summed E-state index contributed by atoms with van der Waals surface area (Å²) >= 11 is 3.22. The fraction of sp³-hybridized carbons (Fsp3) is 0.394. The molecule has 0 aliphatic carbocycles. The number of rotatable bonds is 12. The van der Waals surface area contributed by atoms with Crippen molar-refractivity contribution in [3.8, 4) is 0 Å². The molecular weight excluding hydrogens is 577 g/mol. The lowest BCUT2D eigenvalue weighted by Gasteiger charge is -2.36. The smallest absolute Gasteiger partial charge is 0.246 e. The van der Waals surface area contributed by atoms with Gasteiger partial charge < -0.3 is 9.80 Å². The lowest BCUT2D eigenvalue weighted by Crippen LogP contribution is -2.50. The van der Waals surface area contributed by atoms with Gasteiger partial charge in [-0.25, -0.2) is 9.97 Å². The van der Waals surface area contributed by atoms with Crippen LogP contribution >= 0.6 is 23.5 Å². The van der Waals surface area contributed by atoms with Gasteiger partial charge in [0.1, 0.15) is 10.1 Å². The average Bonchev–Trinajstić information content (AvgIpc) is 3.05. The molecular formula is C33H42N6O2S2. The molecule has 2 aromatic rings. The number of carbonyl (C=O) groups is 2. The number of pyridine rings is 2. The van der Waals surface area contributed by atoms with Crippen molar-refractivity contribution in [1.29, 1.82) is 0 Å². The molecule has 2 aliphatic rings. The minimum Gasteiger partial charge on any atom is -0.337 e. The summed E-state index contributed by atoms with van der Waals surface area (Å²) in [4.78, 5) is 42.7. The monoisotopic (exact) mass is 618 g/mol. The second kappa shape index (κ2) is 17.8. The van der Waals surface area contributed by atoms with Gasteiger partial charge in [0.05, 0.1) is 0 Å². The van der Waals surface area contributed by atoms with Gasteiger partial charge in [-0.1, -0.05) is 48.6 Å². The summed E-state index contributed by atoms with van der Waals surface area (Å²) in [6.45, 7) is 8.74. The van der Waals surface area contributed by atoms with Crippen LogP contribution < -0.4 is 0 Å². The van der Waals surface area contributed by atoms with E-state index in [1.54, 1.807) is 48.1 Å². The van der Waals surface area contributed by atoms with Gasteiger partial charge in [-0.05, 0) is 44.2 Å². The molecule has 43 heavy (non-hydrogen) atoms. The zero-order valence-electron chi connectivity index (χ0n) is 25.2. The molecule has 2 aromatic heterocycles. The number of hydrogen-bond acceptors (Lipinski definition) is 8. The standard InChI is InChI=1S/C33H42N6O2S2/c1-42-32-28(12-7-16-34-32)10-3-5-14-30(40)38-24-20-36(21-25-38)18-9-19-37-22-26-39(27-23-37)31(41)15-6-4-11-29-13-8-17-35-33(29)43-2/h3-8,10-17H,9,18-27H2,1-2H3. The molecule has 0 aromatic carbocycles. The van der Waals surface area contributed by atoms with Crippen molar-refractivity contribution in [2.45, 2.75) is 16.5 Å². The highest BCUT2D eigenvalue weighted by Gasteiger charge is 2.21. The number of hydrogen-bond donors (Lipinski definition) is 0. The summed E-state index contributed by atoms with van der Waals surface area (Å²) in [6, 6.07) is 7.89. The van der Waals surface area contributed by atoms with Gasteiger partial charge in [-0.15, -0.1) is 23.5 Å². The number of carbonyl (C=O) groups excluding carboxylic acids is 2. The fourth-order valence-electron chi connectivity index (χ4n) is 5.11. The number of nitrogens with zero attached hydrogens (tertiary/aromatic N) is 6. The highest BCUT2D eigenvalue weighted by molar-refractivity contribution is 7.98. The Balaban J connectivity index is 1.08. The summed E-state index contributed by atoms with van der Waals surface area (Å²) < 4.78 is 0. The summed E-state index contributed by atoms with van der Waals surface area (Å²) in [5, 5.41) is 1.96. The maximum Gasteiger partial charge on any atom is 0.246 e. The maximum absolute atomic E-state index is 12.6. The van der Waals surface area contributed by atoms with Crippen molar-refractivity contribution in [3.05, 3.63) is 84.2 Å². The SMILES string of the molecule is CSc1ncccc1C=CC=CC(=O)N1CCN(CCCN2CCN(C(=O)C=CC=Cc3cccnc3SC)CC2)CC1. The second-order valence-electron chi connectivity index (χ2n) is 10.3. The van der Waals surface area contributed by atoms with E-state index in [4.69, 9.17) is 0 Å². The minimum absolute atomic E-state index is 0.0667. The van der Waals surface area contributed by atoms with E-state index in [9.17, 15) is 9.59 Å². The normalized spacial score (nSPS) is 17.3. The van der Waals surface area contributed by atoms with Crippen LogP contribution in [0.15, 0.2) is 83.2 Å². The summed E-state index contributed by atoms with van der Waals surface area (Å²) in [6.07, 6.45) is 23.4. The number of thioether (sulfide) groups is 2. The third-order valence-electron chi connectivity index (χ3n) is 7.56. The Kier molecular flexibility index (Phi) is 13.6. The molecule has 4 heterocycles. The van der Waals surface area contributed by atoms with E-state index in [1.807, 2.05) is 83.0 Å². The van der Waals surface area contributed by atoms with Crippen molar-refractivity contribution in [2.24, 2.45) is 0 Å². The van der Waals surface area contributed by atoms with Gasteiger partial charge in [0.15, 0.2) is 0 Å². The van der Waals surface area contributed by atoms with Gasteiger partial charge in [0.2, 0.25) is 11.8 Å². The zero-order chi connectivity index (χ0) is 30.3. The van der Waals surface area contributed by atoms with Crippen molar-refractivity contribution in [1.82, 2.24) is 29.6 Å². The van der Waals surface area contributed by atoms with E-state index >= 15 is 0 Å². The average molecular weight is 619 g/mol. The molecule has 0 atom stereocenters. The summed E-state index contributed by atoms with van der Waals surface area (Å²) in [7, 11) is 0. The van der Waals surface area contributed by atoms with Crippen LogP contribution in [0.1, 0.15) is 17.5 Å². The van der Waals surface area contributed by atoms with Crippen LogP contribution in [0.4, 0.5) is 0 Å². The van der Waals surface area contributed by atoms with Crippen LogP contribution in [0, 0.1) is 0 Å². The molecule has 0 radical (unpaired) electrons. The largest absolute Gasteiger partial charge is 0.337 e. The zero-order valence-corrected chi connectivity index (χ0v) is 26.8. The Hall–Kier alpha value is -3.18. The molecule has 0 N–H and O–H groups in total. The van der Waals surface area contributed by atoms with Crippen LogP contribution in [-0.2, 0) is 9.59 Å². The molecule has 0 saturated carbocycles. The number of amides is 2. The molecule has 228 valence electrons. The Morgan fingerprint density at radius 1 is 0.674 bits per heavy atom. The van der Waals surface area contributed by atoms with E-state index in [1.165, 1.54) is 0 Å². The van der Waals surface area contributed by atoms with E-state index in [0.29, 0.717) is 0 Å². The van der Waals surface area contributed by atoms with E-state index in [0.717, 1.165) is 93.0 Å². The first-order chi connectivity index (χ1) is 21.1. The highest BCUT2D eigenvalue weighted by atomic mass is 32.2. The molecule has 0 spiro atoms. The molecule has 2 fully saturated rings. The van der Waals surface area contributed by atoms with Gasteiger partial charge in [-0.2, -0.15) is 0 Å². The first kappa shape index (κ1) is 32.7. The van der Waals surface area contributed by atoms with Crippen molar-refractivity contribution in [2.75, 3.05) is 78.0 Å². The first-order valence-electron chi connectivity index (χ1n) is 14.8. The molecule has 8 nitrogen and oxygen atoms in total. The first-order valence-corrected chi connectivity index (χ1v) is 17.2. The molecule has 2 aliphatic heterocycles. The number of aromatic nitrogens is 2. The minimum atomic E-state index is 0.0667. The predicted molar refractivity (Wildman–Crippen MR) is 179 cm³/mol. The lowest BCUT2D eigenvalue weighted by molar-refractivity contribution is -0.128. The summed E-state index contributed by atoms with van der Waals surface area (Å²) in [5.74, 6) is 0.133. The van der Waals surface area contributed by atoms with E-state index in [-0.39, 0.29) is 11.8 Å². The molecule has 4 rings (SSSR count). The third-order valence-corrected chi connectivity index (χ3v) is 9.01. The van der Waals surface area contributed by atoms with Crippen LogP contribution in [-0.4, -0.2) is 119 Å². The third kappa shape index (κ3) is 10.5. The molecule has 0 bridgehead atoms. The van der Waals surface area contributed by atoms with Gasteiger partial charge in [0.25, 0.3) is 0 Å². The van der Waals surface area contributed by atoms with Crippen LogP contribution in [0.3, 0.4) is 0 Å². The van der Waals surface area contributed by atoms with Crippen molar-refractivity contribution in [3.63, 3.8) is 0 Å². The second-order valence-corrected chi connectivity index (χ2v) is 11.9. The quantitative estimate of drug-likeness (QED) is 0.197. The predicted octanol–water partition coefficient (Wildman–Crippen LogP) is 4.44. The van der Waals surface area contributed by atoms with Crippen LogP contribution in [0.5, 0.6) is 0 Å². The molecule has 2 saturated heterocycles. The lowest BCUT2D eigenvalue weighted by atomic mass is 10.2. The Labute approximate surface area is 264 Å². The molecule has 10 heteroatoms. The summed E-state index contributed by atoms with van der Waals surface area (Å²) in [5.41, 5.74) is 2.11. The van der Waals surface area contributed by atoms with Crippen LogP contribution in [0.25, 0.3) is 12.2 Å². The Bertz CT molecular complexity index is 1210. The fourth-order valence-corrected chi connectivity index (χ4v) is 6.18. The van der Waals surface area contributed by atoms with Gasteiger partial charge in [-0.3, -0.25) is 19.4 Å². The number of allylic oxidation sites excluding steroid dienone is 4. The van der Waals surface area contributed by atoms with Gasteiger partial charge in [0, 0.05) is 88.0 Å². The molecule has 0 unspecified atom stereocenters. The Morgan fingerprint density at radius 2 is 1.09 bits per heavy atom. The van der Waals surface area contributed by atoms with E-state index < -0.39 is 0 Å².